The Bertz CT molecular complexity index is 1310. The van der Waals surface area contributed by atoms with Crippen molar-refractivity contribution in [3.8, 4) is 5.88 Å². The van der Waals surface area contributed by atoms with Crippen LogP contribution in [-0.2, 0) is 6.42 Å². The van der Waals surface area contributed by atoms with Crippen LogP contribution in [0.1, 0.15) is 108 Å². The zero-order valence-electron chi connectivity index (χ0n) is 27.9. The van der Waals surface area contributed by atoms with Gasteiger partial charge in [-0.3, -0.25) is 0 Å². The predicted molar refractivity (Wildman–Crippen MR) is 196 cm³/mol. The standard InChI is InChI=1S/C23H28N2O.C14H21N.C3H6.CH4/c1-23(2)20(15-19-21(24-3)13-14-25-22(19)26-23)18-11-9-17(10-12-18)16-7-5-4-6-8-16;1-2-15-10-8-14(9-11-15)12-13-6-4-3-5-7-13;1-3-2;/h9-16H,4-8H2,1-3H3,(H,24,25);3-7,14H,2,8-12H2,1H3;3H,1H2,2H3;1H4. The quantitative estimate of drug-likeness (QED) is 0.282. The highest BCUT2D eigenvalue weighted by Crippen LogP contribution is 2.42. The molecule has 0 amide bonds. The van der Waals surface area contributed by atoms with Crippen molar-refractivity contribution in [1.29, 1.82) is 0 Å². The Morgan fingerprint density at radius 1 is 0.956 bits per heavy atom. The minimum atomic E-state index is -0.404. The number of hydrogen-bond acceptors (Lipinski definition) is 4. The third-order valence-electron chi connectivity index (χ3n) is 9.33. The van der Waals surface area contributed by atoms with Crippen molar-refractivity contribution in [2.24, 2.45) is 5.92 Å². The van der Waals surface area contributed by atoms with Gasteiger partial charge in [0.15, 0.2) is 0 Å². The van der Waals surface area contributed by atoms with Crippen LogP contribution in [0.15, 0.2) is 79.5 Å². The molecule has 1 aliphatic carbocycles. The molecular formula is C41H59N3O. The lowest BCUT2D eigenvalue weighted by Gasteiger charge is -2.34. The van der Waals surface area contributed by atoms with Crippen LogP contribution in [0.5, 0.6) is 5.88 Å². The van der Waals surface area contributed by atoms with Gasteiger partial charge < -0.3 is 15.0 Å². The van der Waals surface area contributed by atoms with Crippen molar-refractivity contribution in [2.45, 2.75) is 98.0 Å². The third kappa shape index (κ3) is 10.1. The Kier molecular flexibility index (Phi) is 14.4. The summed E-state index contributed by atoms with van der Waals surface area (Å²) in [7, 11) is 1.93. The maximum absolute atomic E-state index is 6.26. The van der Waals surface area contributed by atoms with Gasteiger partial charge >= 0.3 is 0 Å². The van der Waals surface area contributed by atoms with E-state index in [9.17, 15) is 0 Å². The van der Waals surface area contributed by atoms with Crippen LogP contribution < -0.4 is 10.1 Å². The molecule has 3 aromatic rings. The molecule has 4 heteroatoms. The molecule has 0 radical (unpaired) electrons. The molecule has 0 spiro atoms. The number of allylic oxidation sites excluding steroid dienone is 1. The van der Waals surface area contributed by atoms with E-state index >= 15 is 0 Å². The van der Waals surface area contributed by atoms with Gasteiger partial charge in [-0.1, -0.05) is 94.3 Å². The summed E-state index contributed by atoms with van der Waals surface area (Å²) < 4.78 is 6.26. The monoisotopic (exact) mass is 609 g/mol. The summed E-state index contributed by atoms with van der Waals surface area (Å²) in [5, 5.41) is 3.24. The number of fused-ring (bicyclic) bond motifs is 1. The van der Waals surface area contributed by atoms with Gasteiger partial charge in [-0.05, 0) is 113 Å². The SMILES string of the molecule is C.C=CC.CCN1CCC(Cc2ccccc2)CC1.CNc1ccnc2c1C=C(c1ccc(C3CCCCC3)cc1)C(C)(C)O2. The molecule has 2 aromatic carbocycles. The highest BCUT2D eigenvalue weighted by atomic mass is 16.5. The van der Waals surface area contributed by atoms with Gasteiger partial charge in [0.05, 0.1) is 5.56 Å². The van der Waals surface area contributed by atoms with Crippen LogP contribution in [0, 0.1) is 5.92 Å². The van der Waals surface area contributed by atoms with Crippen molar-refractivity contribution >= 4 is 17.3 Å². The number of hydrogen-bond donors (Lipinski definition) is 1. The van der Waals surface area contributed by atoms with Gasteiger partial charge in [0.25, 0.3) is 0 Å². The Hall–Kier alpha value is -3.37. The number of likely N-dealkylation sites (tertiary alicyclic amines) is 1. The van der Waals surface area contributed by atoms with Crippen LogP contribution in [0.25, 0.3) is 11.6 Å². The maximum atomic E-state index is 6.26. The van der Waals surface area contributed by atoms with E-state index < -0.39 is 5.60 Å². The summed E-state index contributed by atoms with van der Waals surface area (Å²) >= 11 is 0. The Morgan fingerprint density at radius 2 is 1.60 bits per heavy atom. The van der Waals surface area contributed by atoms with E-state index in [0.717, 1.165) is 23.1 Å². The summed E-state index contributed by atoms with van der Waals surface area (Å²) in [6.45, 7) is 15.6. The van der Waals surface area contributed by atoms with E-state index in [2.05, 4.69) is 103 Å². The summed E-state index contributed by atoms with van der Waals surface area (Å²) in [4.78, 5) is 6.98. The molecule has 1 aromatic heterocycles. The zero-order valence-corrected chi connectivity index (χ0v) is 27.9. The molecule has 0 bridgehead atoms. The van der Waals surface area contributed by atoms with Crippen LogP contribution in [-0.4, -0.2) is 42.2 Å². The van der Waals surface area contributed by atoms with E-state index in [1.165, 1.54) is 93.3 Å². The lowest BCUT2D eigenvalue weighted by Crippen LogP contribution is -2.33. The molecule has 0 atom stereocenters. The van der Waals surface area contributed by atoms with Crippen molar-refractivity contribution in [3.63, 3.8) is 0 Å². The lowest BCUT2D eigenvalue weighted by atomic mass is 9.82. The van der Waals surface area contributed by atoms with Gasteiger partial charge in [-0.15, -0.1) is 6.58 Å². The topological polar surface area (TPSA) is 37.4 Å². The molecule has 3 heterocycles. The van der Waals surface area contributed by atoms with Crippen LogP contribution >= 0.6 is 0 Å². The minimum Gasteiger partial charge on any atom is -0.466 e. The van der Waals surface area contributed by atoms with E-state index in [1.54, 1.807) is 12.3 Å². The van der Waals surface area contributed by atoms with Crippen LogP contribution in [0.4, 0.5) is 5.69 Å². The second-order valence-electron chi connectivity index (χ2n) is 12.9. The van der Waals surface area contributed by atoms with Crippen molar-refractivity contribution in [3.05, 3.63) is 102 Å². The van der Waals surface area contributed by atoms with Crippen molar-refractivity contribution < 1.29 is 4.74 Å². The number of piperidine rings is 1. The smallest absolute Gasteiger partial charge is 0.223 e. The first kappa shape index (κ1) is 36.1. The molecule has 45 heavy (non-hydrogen) atoms. The second kappa shape index (κ2) is 17.9. The van der Waals surface area contributed by atoms with Crippen LogP contribution in [0.2, 0.25) is 0 Å². The van der Waals surface area contributed by atoms with Gasteiger partial charge in [0.2, 0.25) is 5.88 Å². The number of pyridine rings is 1. The zero-order chi connectivity index (χ0) is 31.4. The molecule has 6 rings (SSSR count). The number of anilines is 1. The second-order valence-corrected chi connectivity index (χ2v) is 12.9. The van der Waals surface area contributed by atoms with E-state index in [4.69, 9.17) is 4.74 Å². The number of aromatic nitrogens is 1. The highest BCUT2D eigenvalue weighted by molar-refractivity contribution is 5.92. The summed E-state index contributed by atoms with van der Waals surface area (Å²) in [6, 6.07) is 22.1. The molecule has 0 unspecified atom stereocenters. The van der Waals surface area contributed by atoms with E-state index in [-0.39, 0.29) is 7.43 Å². The van der Waals surface area contributed by atoms with Gasteiger partial charge in [0, 0.05) is 24.5 Å². The first-order valence-electron chi connectivity index (χ1n) is 16.9. The first-order valence-corrected chi connectivity index (χ1v) is 16.9. The number of rotatable bonds is 6. The molecule has 3 aliphatic rings. The summed E-state index contributed by atoms with van der Waals surface area (Å²) in [5.41, 5.74) is 7.09. The molecule has 1 saturated heterocycles. The average molecular weight is 610 g/mol. The van der Waals surface area contributed by atoms with Gasteiger partial charge in [-0.25, -0.2) is 4.98 Å². The number of nitrogens with zero attached hydrogens (tertiary/aromatic N) is 2. The fourth-order valence-electron chi connectivity index (χ4n) is 6.76. The summed E-state index contributed by atoms with van der Waals surface area (Å²) in [6.07, 6.45) is 16.6. The molecular weight excluding hydrogens is 550 g/mol. The Balaban J connectivity index is 0.000000248. The molecule has 1 N–H and O–H groups in total. The maximum Gasteiger partial charge on any atom is 0.223 e. The lowest BCUT2D eigenvalue weighted by molar-refractivity contribution is 0.162. The van der Waals surface area contributed by atoms with Crippen molar-refractivity contribution in [2.75, 3.05) is 32.0 Å². The molecule has 1 saturated carbocycles. The normalized spacial score (nSPS) is 17.8. The van der Waals surface area contributed by atoms with Crippen molar-refractivity contribution in [1.82, 2.24) is 9.88 Å². The van der Waals surface area contributed by atoms with Gasteiger partial charge in [-0.2, -0.15) is 0 Å². The van der Waals surface area contributed by atoms with E-state index in [0.29, 0.717) is 5.88 Å². The fraction of sp³-hybridized carbons (Fsp3) is 0.488. The molecule has 4 nitrogen and oxygen atoms in total. The average Bonchev–Trinajstić information content (AvgIpc) is 3.06. The largest absolute Gasteiger partial charge is 0.466 e. The number of benzene rings is 2. The Morgan fingerprint density at radius 3 is 2.20 bits per heavy atom. The fourth-order valence-corrected chi connectivity index (χ4v) is 6.76. The van der Waals surface area contributed by atoms with E-state index in [1.807, 2.05) is 20.0 Å². The highest BCUT2D eigenvalue weighted by Gasteiger charge is 2.33. The molecule has 2 aliphatic heterocycles. The third-order valence-corrected chi connectivity index (χ3v) is 9.33. The molecule has 244 valence electrons. The first-order chi connectivity index (χ1) is 21.4. The predicted octanol–water partition coefficient (Wildman–Crippen LogP) is 10.7. The molecule has 2 fully saturated rings. The Labute approximate surface area is 275 Å². The summed E-state index contributed by atoms with van der Waals surface area (Å²) in [5.74, 6) is 2.35. The van der Waals surface area contributed by atoms with Gasteiger partial charge in [0.1, 0.15) is 5.60 Å². The minimum absolute atomic E-state index is 0. The van der Waals surface area contributed by atoms with Crippen LogP contribution in [0.3, 0.4) is 0 Å². The number of ether oxygens (including phenoxy) is 1. The number of nitrogens with one attached hydrogen (secondary N) is 1.